The lowest BCUT2D eigenvalue weighted by atomic mass is 9.99. The van der Waals surface area contributed by atoms with E-state index in [0.29, 0.717) is 5.56 Å². The Hall–Kier alpha value is -1.13. The zero-order chi connectivity index (χ0) is 13.1. The Labute approximate surface area is 119 Å². The highest BCUT2D eigenvalue weighted by Gasteiger charge is 2.24. The van der Waals surface area contributed by atoms with E-state index >= 15 is 0 Å². The molecule has 0 aromatic heterocycles. The van der Waals surface area contributed by atoms with Crippen LogP contribution in [0.5, 0.6) is 0 Å². The number of amides is 1. The Morgan fingerprint density at radius 2 is 2.21 bits per heavy atom. The molecule has 0 bridgehead atoms. The predicted molar refractivity (Wildman–Crippen MR) is 76.3 cm³/mol. The molecule has 106 valence electrons. The first-order valence-electron chi connectivity index (χ1n) is 6.39. The van der Waals surface area contributed by atoms with Crippen molar-refractivity contribution in [1.82, 2.24) is 10.6 Å². The molecule has 1 aliphatic rings. The monoisotopic (exact) mass is 286 g/mol. The summed E-state index contributed by atoms with van der Waals surface area (Å²) in [7, 11) is 0. The van der Waals surface area contributed by atoms with Crippen molar-refractivity contribution in [2.45, 2.75) is 38.8 Å². The molecule has 1 aromatic carbocycles. The molecule has 1 fully saturated rings. The van der Waals surface area contributed by atoms with Gasteiger partial charge in [0.1, 0.15) is 5.82 Å². The molecule has 2 rings (SSSR count). The summed E-state index contributed by atoms with van der Waals surface area (Å²) in [6.07, 6.45) is 1.97. The third-order valence-electron chi connectivity index (χ3n) is 3.51. The van der Waals surface area contributed by atoms with Gasteiger partial charge < -0.3 is 10.6 Å². The largest absolute Gasteiger partial charge is 0.348 e. The Bertz CT molecular complexity index is 453. The number of aryl methyl sites for hydroxylation is 1. The van der Waals surface area contributed by atoms with Crippen molar-refractivity contribution in [2.24, 2.45) is 0 Å². The number of carbonyl (C=O) groups excluding carboxylic acids is 1. The van der Waals surface area contributed by atoms with Crippen molar-refractivity contribution >= 4 is 18.3 Å². The quantitative estimate of drug-likeness (QED) is 0.877. The van der Waals surface area contributed by atoms with E-state index in [9.17, 15) is 9.18 Å². The summed E-state index contributed by atoms with van der Waals surface area (Å²) in [5.41, 5.74) is 0.630. The molecule has 1 aliphatic heterocycles. The van der Waals surface area contributed by atoms with Crippen LogP contribution in [-0.2, 0) is 0 Å². The number of benzene rings is 1. The minimum absolute atomic E-state index is 0. The Kier molecular flexibility index (Phi) is 5.76. The van der Waals surface area contributed by atoms with Crippen LogP contribution in [-0.4, -0.2) is 24.5 Å². The summed E-state index contributed by atoms with van der Waals surface area (Å²) >= 11 is 0. The van der Waals surface area contributed by atoms with Gasteiger partial charge >= 0.3 is 0 Å². The standard InChI is InChI=1S/C14H19FN2O.ClH/c1-9-5-3-6-11(13(9)15)14(18)17-12-7-4-8-16-10(12)2;/h3,5-6,10,12,16H,4,7-8H2,1-2H3,(H,17,18);1H. The highest BCUT2D eigenvalue weighted by atomic mass is 35.5. The van der Waals surface area contributed by atoms with E-state index in [1.54, 1.807) is 19.1 Å². The van der Waals surface area contributed by atoms with Crippen LogP contribution in [0.2, 0.25) is 0 Å². The SMILES string of the molecule is Cc1cccc(C(=O)NC2CCCNC2C)c1F.Cl. The summed E-state index contributed by atoms with van der Waals surface area (Å²) in [6.45, 7) is 4.68. The van der Waals surface area contributed by atoms with E-state index in [1.807, 2.05) is 6.92 Å². The second kappa shape index (κ2) is 6.87. The summed E-state index contributed by atoms with van der Waals surface area (Å²) in [6, 6.07) is 5.20. The van der Waals surface area contributed by atoms with Gasteiger partial charge in [0.05, 0.1) is 5.56 Å². The van der Waals surface area contributed by atoms with Crippen molar-refractivity contribution in [3.8, 4) is 0 Å². The molecule has 1 heterocycles. The molecule has 2 N–H and O–H groups in total. The summed E-state index contributed by atoms with van der Waals surface area (Å²) in [5.74, 6) is -0.747. The highest BCUT2D eigenvalue weighted by molar-refractivity contribution is 5.94. The molecule has 0 spiro atoms. The number of halogens is 2. The predicted octanol–water partition coefficient (Wildman–Crippen LogP) is 2.43. The van der Waals surface area contributed by atoms with Crippen molar-refractivity contribution in [3.05, 3.63) is 35.1 Å². The van der Waals surface area contributed by atoms with E-state index in [4.69, 9.17) is 0 Å². The van der Waals surface area contributed by atoms with Gasteiger partial charge in [-0.05, 0) is 44.9 Å². The number of rotatable bonds is 2. The molecular weight excluding hydrogens is 267 g/mol. The molecule has 5 heteroatoms. The first kappa shape index (κ1) is 15.9. The maximum Gasteiger partial charge on any atom is 0.254 e. The second-order valence-corrected chi connectivity index (χ2v) is 4.90. The average molecular weight is 287 g/mol. The summed E-state index contributed by atoms with van der Waals surface area (Å²) in [4.78, 5) is 12.1. The van der Waals surface area contributed by atoms with Crippen LogP contribution in [0.25, 0.3) is 0 Å². The molecule has 2 atom stereocenters. The molecular formula is C14H20ClFN2O. The molecule has 3 nitrogen and oxygen atoms in total. The number of piperidine rings is 1. The summed E-state index contributed by atoms with van der Waals surface area (Å²) in [5, 5.41) is 6.22. The first-order valence-corrected chi connectivity index (χ1v) is 6.39. The van der Waals surface area contributed by atoms with Gasteiger partial charge in [-0.2, -0.15) is 0 Å². The van der Waals surface area contributed by atoms with Crippen molar-refractivity contribution in [2.75, 3.05) is 6.54 Å². The molecule has 1 aromatic rings. The van der Waals surface area contributed by atoms with Gasteiger partial charge in [0.15, 0.2) is 0 Å². The van der Waals surface area contributed by atoms with E-state index in [0.717, 1.165) is 19.4 Å². The fourth-order valence-electron chi connectivity index (χ4n) is 2.31. The zero-order valence-electron chi connectivity index (χ0n) is 11.2. The maximum absolute atomic E-state index is 13.8. The normalized spacial score (nSPS) is 22.5. The molecule has 19 heavy (non-hydrogen) atoms. The van der Waals surface area contributed by atoms with E-state index < -0.39 is 5.82 Å². The number of hydrogen-bond donors (Lipinski definition) is 2. The van der Waals surface area contributed by atoms with E-state index in [2.05, 4.69) is 10.6 Å². The molecule has 0 aliphatic carbocycles. The Balaban J connectivity index is 0.00000180. The topological polar surface area (TPSA) is 41.1 Å². The van der Waals surface area contributed by atoms with Crippen LogP contribution in [0.15, 0.2) is 18.2 Å². The van der Waals surface area contributed by atoms with E-state index in [-0.39, 0.29) is 36.0 Å². The van der Waals surface area contributed by atoms with Gasteiger partial charge in [-0.15, -0.1) is 12.4 Å². The highest BCUT2D eigenvalue weighted by Crippen LogP contribution is 2.14. The lowest BCUT2D eigenvalue weighted by Gasteiger charge is -2.30. The number of nitrogens with one attached hydrogen (secondary N) is 2. The van der Waals surface area contributed by atoms with Crippen LogP contribution >= 0.6 is 12.4 Å². The van der Waals surface area contributed by atoms with Gasteiger partial charge in [0, 0.05) is 12.1 Å². The maximum atomic E-state index is 13.8. The van der Waals surface area contributed by atoms with Crippen LogP contribution in [0.1, 0.15) is 35.7 Å². The van der Waals surface area contributed by atoms with Gasteiger partial charge in [-0.25, -0.2) is 4.39 Å². The fraction of sp³-hybridized carbons (Fsp3) is 0.500. The van der Waals surface area contributed by atoms with Gasteiger partial charge in [0.2, 0.25) is 0 Å². The number of carbonyl (C=O) groups is 1. The molecule has 1 amide bonds. The second-order valence-electron chi connectivity index (χ2n) is 4.90. The Morgan fingerprint density at radius 3 is 2.89 bits per heavy atom. The molecule has 0 radical (unpaired) electrons. The van der Waals surface area contributed by atoms with Gasteiger partial charge in [-0.1, -0.05) is 12.1 Å². The molecule has 2 unspecified atom stereocenters. The molecule has 0 saturated carbocycles. The third-order valence-corrected chi connectivity index (χ3v) is 3.51. The first-order chi connectivity index (χ1) is 8.59. The average Bonchev–Trinajstić information content (AvgIpc) is 2.35. The minimum Gasteiger partial charge on any atom is -0.348 e. The van der Waals surface area contributed by atoms with E-state index in [1.165, 1.54) is 6.07 Å². The van der Waals surface area contributed by atoms with Crippen LogP contribution < -0.4 is 10.6 Å². The number of hydrogen-bond acceptors (Lipinski definition) is 2. The molecule has 1 saturated heterocycles. The summed E-state index contributed by atoms with van der Waals surface area (Å²) < 4.78 is 13.8. The Morgan fingerprint density at radius 1 is 1.47 bits per heavy atom. The minimum atomic E-state index is -0.425. The zero-order valence-corrected chi connectivity index (χ0v) is 12.0. The lowest BCUT2D eigenvalue weighted by Crippen LogP contribution is -2.52. The van der Waals surface area contributed by atoms with Crippen molar-refractivity contribution < 1.29 is 9.18 Å². The van der Waals surface area contributed by atoms with Crippen LogP contribution in [0.3, 0.4) is 0 Å². The fourth-order valence-corrected chi connectivity index (χ4v) is 2.31. The van der Waals surface area contributed by atoms with Crippen molar-refractivity contribution in [3.63, 3.8) is 0 Å². The third kappa shape index (κ3) is 3.67. The van der Waals surface area contributed by atoms with Crippen LogP contribution in [0.4, 0.5) is 4.39 Å². The van der Waals surface area contributed by atoms with Crippen LogP contribution in [0, 0.1) is 12.7 Å². The van der Waals surface area contributed by atoms with Crippen molar-refractivity contribution in [1.29, 1.82) is 0 Å². The van der Waals surface area contributed by atoms with Gasteiger partial charge in [0.25, 0.3) is 5.91 Å². The van der Waals surface area contributed by atoms with Gasteiger partial charge in [-0.3, -0.25) is 4.79 Å². The smallest absolute Gasteiger partial charge is 0.254 e. The lowest BCUT2D eigenvalue weighted by molar-refractivity contribution is 0.0915.